The molecule has 0 saturated heterocycles. The molecule has 0 bridgehead atoms. The first kappa shape index (κ1) is 25.1. The van der Waals surface area contributed by atoms with Gasteiger partial charge in [-0.05, 0) is 79.6 Å². The molecule has 0 N–H and O–H groups in total. The van der Waals surface area contributed by atoms with Crippen molar-refractivity contribution in [1.29, 1.82) is 0 Å². The summed E-state index contributed by atoms with van der Waals surface area (Å²) in [5.41, 5.74) is 3.18. The Labute approximate surface area is 187 Å². The second-order valence-corrected chi connectivity index (χ2v) is 8.25. The fourth-order valence-electron chi connectivity index (χ4n) is 2.58. The van der Waals surface area contributed by atoms with E-state index < -0.39 is 0 Å². The summed E-state index contributed by atoms with van der Waals surface area (Å²) in [5, 5.41) is 3.93. The number of halogens is 3. The van der Waals surface area contributed by atoms with Gasteiger partial charge in [-0.15, -0.1) is 0 Å². The summed E-state index contributed by atoms with van der Waals surface area (Å²) < 4.78 is 13.1. The molecule has 0 heterocycles. The predicted molar refractivity (Wildman–Crippen MR) is 122 cm³/mol. The topological polar surface area (TPSA) is 40.0 Å². The van der Waals surface area contributed by atoms with Crippen molar-refractivity contribution in [3.05, 3.63) is 32.2 Å². The number of nitrogens with zero attached hydrogens (tertiary/aromatic N) is 1. The molecular formula is C21H30BrCl2NO3. The molecule has 0 radical (unpaired) electrons. The Hall–Kier alpha value is -0.910. The Balaban J connectivity index is 2.68. The molecule has 0 aromatic heterocycles. The number of benzene rings is 1. The van der Waals surface area contributed by atoms with Gasteiger partial charge in [0.1, 0.15) is 29.2 Å². The van der Waals surface area contributed by atoms with Gasteiger partial charge in [0.05, 0.1) is 16.8 Å². The third-order valence-electron chi connectivity index (χ3n) is 3.94. The largest absolute Gasteiger partial charge is 0.493 e. The van der Waals surface area contributed by atoms with E-state index in [9.17, 15) is 0 Å². The molecule has 1 rings (SSSR count). The fourth-order valence-corrected chi connectivity index (χ4v) is 3.40. The highest BCUT2D eigenvalue weighted by molar-refractivity contribution is 9.10. The fraction of sp³-hybridized carbons (Fsp3) is 0.571. The average Bonchev–Trinajstić information content (AvgIpc) is 2.64. The highest BCUT2D eigenvalue weighted by Crippen LogP contribution is 2.39. The first-order valence-corrected chi connectivity index (χ1v) is 11.2. The van der Waals surface area contributed by atoms with Crippen LogP contribution in [0.25, 0.3) is 0 Å². The van der Waals surface area contributed by atoms with Crippen molar-refractivity contribution in [1.82, 2.24) is 0 Å². The first-order valence-electron chi connectivity index (χ1n) is 9.64. The lowest BCUT2D eigenvalue weighted by Crippen LogP contribution is -2.06. The van der Waals surface area contributed by atoms with Gasteiger partial charge in [-0.1, -0.05) is 42.2 Å². The van der Waals surface area contributed by atoms with E-state index >= 15 is 0 Å². The maximum Gasteiger partial charge on any atom is 0.134 e. The lowest BCUT2D eigenvalue weighted by atomic mass is 10.0. The van der Waals surface area contributed by atoms with Gasteiger partial charge in [0.2, 0.25) is 0 Å². The molecule has 0 aliphatic heterocycles. The van der Waals surface area contributed by atoms with Crippen LogP contribution in [-0.2, 0) is 17.7 Å². The second kappa shape index (κ2) is 14.1. The summed E-state index contributed by atoms with van der Waals surface area (Å²) in [6.45, 7) is 9.70. The summed E-state index contributed by atoms with van der Waals surface area (Å²) in [4.78, 5) is 5.22. The minimum absolute atomic E-state index is 0.199. The SMILES string of the molecule is CCc1cc(OCC=C(Cl)Cl)c(Br)c(CC)c1OCCCCCON=C(C)C. The summed E-state index contributed by atoms with van der Waals surface area (Å²) in [6, 6.07) is 2.02. The number of rotatable bonds is 13. The number of hydrogen-bond acceptors (Lipinski definition) is 4. The first-order chi connectivity index (χ1) is 13.4. The lowest BCUT2D eigenvalue weighted by molar-refractivity contribution is 0.138. The summed E-state index contributed by atoms with van der Waals surface area (Å²) in [7, 11) is 0. The van der Waals surface area contributed by atoms with Gasteiger partial charge in [0, 0.05) is 5.56 Å². The van der Waals surface area contributed by atoms with E-state index in [4.69, 9.17) is 37.5 Å². The molecule has 0 aliphatic carbocycles. The Morgan fingerprint density at radius 2 is 1.79 bits per heavy atom. The van der Waals surface area contributed by atoms with E-state index in [0.29, 0.717) is 19.8 Å². The van der Waals surface area contributed by atoms with Crippen LogP contribution in [0.2, 0.25) is 0 Å². The van der Waals surface area contributed by atoms with Gasteiger partial charge in [-0.2, -0.15) is 0 Å². The molecule has 7 heteroatoms. The molecule has 0 spiro atoms. The minimum atomic E-state index is 0.199. The van der Waals surface area contributed by atoms with Gasteiger partial charge in [-0.3, -0.25) is 0 Å². The number of aryl methyl sites for hydroxylation is 1. The van der Waals surface area contributed by atoms with E-state index in [1.807, 2.05) is 19.9 Å². The summed E-state index contributed by atoms with van der Waals surface area (Å²) in [5.74, 6) is 1.73. The van der Waals surface area contributed by atoms with Crippen LogP contribution in [0, 0.1) is 0 Å². The quantitative estimate of drug-likeness (QED) is 0.165. The van der Waals surface area contributed by atoms with Gasteiger partial charge in [0.15, 0.2) is 0 Å². The van der Waals surface area contributed by atoms with E-state index in [2.05, 4.69) is 34.9 Å². The molecule has 4 nitrogen and oxygen atoms in total. The zero-order valence-electron chi connectivity index (χ0n) is 17.1. The maximum absolute atomic E-state index is 6.17. The van der Waals surface area contributed by atoms with E-state index in [1.54, 1.807) is 6.08 Å². The number of oxime groups is 1. The number of hydrogen-bond donors (Lipinski definition) is 0. The molecule has 1 aromatic carbocycles. The number of unbranched alkanes of at least 4 members (excludes halogenated alkanes) is 2. The third-order valence-corrected chi connectivity index (χ3v) is 5.11. The predicted octanol–water partition coefficient (Wildman–Crippen LogP) is 7.23. The molecule has 158 valence electrons. The van der Waals surface area contributed by atoms with Crippen molar-refractivity contribution >= 4 is 44.8 Å². The molecule has 0 unspecified atom stereocenters. The summed E-state index contributed by atoms with van der Waals surface area (Å²) >= 11 is 15.0. The van der Waals surface area contributed by atoms with Crippen molar-refractivity contribution in [2.45, 2.75) is 59.8 Å². The zero-order chi connectivity index (χ0) is 20.9. The zero-order valence-corrected chi connectivity index (χ0v) is 20.2. The summed E-state index contributed by atoms with van der Waals surface area (Å²) in [6.07, 6.45) is 6.30. The van der Waals surface area contributed by atoms with E-state index in [0.717, 1.165) is 64.9 Å². The Morgan fingerprint density at radius 1 is 1.07 bits per heavy atom. The monoisotopic (exact) mass is 493 g/mol. The molecule has 0 amide bonds. The normalized spacial score (nSPS) is 10.4. The second-order valence-electron chi connectivity index (χ2n) is 6.45. The number of ether oxygens (including phenoxy) is 2. The Kier molecular flexibility index (Phi) is 12.7. The van der Waals surface area contributed by atoms with Crippen LogP contribution in [-0.4, -0.2) is 25.5 Å². The van der Waals surface area contributed by atoms with Crippen LogP contribution in [0.1, 0.15) is 58.1 Å². The molecule has 1 aromatic rings. The molecule has 0 aliphatic rings. The molecule has 0 atom stereocenters. The van der Waals surface area contributed by atoms with E-state index in [1.165, 1.54) is 0 Å². The van der Waals surface area contributed by atoms with Crippen molar-refractivity contribution < 1.29 is 14.3 Å². The van der Waals surface area contributed by atoms with E-state index in [-0.39, 0.29) is 4.49 Å². The third kappa shape index (κ3) is 9.06. The van der Waals surface area contributed by atoms with Crippen LogP contribution in [0.15, 0.2) is 26.3 Å². The highest BCUT2D eigenvalue weighted by atomic mass is 79.9. The van der Waals surface area contributed by atoms with Crippen LogP contribution in [0.5, 0.6) is 11.5 Å². The highest BCUT2D eigenvalue weighted by Gasteiger charge is 2.17. The van der Waals surface area contributed by atoms with Gasteiger partial charge in [0.25, 0.3) is 0 Å². The Bertz CT molecular complexity index is 670. The van der Waals surface area contributed by atoms with Crippen LogP contribution in [0.4, 0.5) is 0 Å². The van der Waals surface area contributed by atoms with Crippen LogP contribution < -0.4 is 9.47 Å². The lowest BCUT2D eigenvalue weighted by Gasteiger charge is -2.19. The standard InChI is InChI=1S/C21H30BrCl2NO3/c1-5-16-14-18(26-13-10-19(23)24)20(22)17(6-2)21(16)27-11-8-7-9-12-28-25-15(3)4/h10,14H,5-9,11-13H2,1-4H3. The van der Waals surface area contributed by atoms with Crippen molar-refractivity contribution in [2.75, 3.05) is 19.8 Å². The minimum Gasteiger partial charge on any atom is -0.493 e. The molecule has 0 fully saturated rings. The van der Waals surface area contributed by atoms with Crippen molar-refractivity contribution in [3.63, 3.8) is 0 Å². The van der Waals surface area contributed by atoms with Gasteiger partial charge >= 0.3 is 0 Å². The average molecular weight is 495 g/mol. The van der Waals surface area contributed by atoms with Crippen molar-refractivity contribution in [2.24, 2.45) is 5.16 Å². The molecule has 0 saturated carbocycles. The Morgan fingerprint density at radius 3 is 2.39 bits per heavy atom. The van der Waals surface area contributed by atoms with Crippen molar-refractivity contribution in [3.8, 4) is 11.5 Å². The van der Waals surface area contributed by atoms with Crippen LogP contribution >= 0.6 is 39.1 Å². The maximum atomic E-state index is 6.17. The molecule has 28 heavy (non-hydrogen) atoms. The van der Waals surface area contributed by atoms with Gasteiger partial charge in [-0.25, -0.2) is 0 Å². The van der Waals surface area contributed by atoms with Crippen LogP contribution in [0.3, 0.4) is 0 Å². The smallest absolute Gasteiger partial charge is 0.134 e. The molecular weight excluding hydrogens is 465 g/mol. The van der Waals surface area contributed by atoms with Gasteiger partial charge < -0.3 is 14.3 Å².